The van der Waals surface area contributed by atoms with Gasteiger partial charge in [0.2, 0.25) is 5.91 Å². The average Bonchev–Trinajstić information content (AvgIpc) is 2.60. The van der Waals surface area contributed by atoms with E-state index in [0.29, 0.717) is 6.42 Å². The van der Waals surface area contributed by atoms with Crippen LogP contribution in [0.25, 0.3) is 6.08 Å². The Morgan fingerprint density at radius 2 is 1.96 bits per heavy atom. The Balaban J connectivity index is 1.94. The zero-order valence-corrected chi connectivity index (χ0v) is 12.9. The van der Waals surface area contributed by atoms with Gasteiger partial charge in [-0.05, 0) is 35.8 Å². The third-order valence-corrected chi connectivity index (χ3v) is 3.31. The smallest absolute Gasteiger partial charge is 0.244 e. The number of methoxy groups -OCH3 is 1. The molecule has 0 saturated heterocycles. The molecule has 0 heterocycles. The Kier molecular flexibility index (Phi) is 6.12. The van der Waals surface area contributed by atoms with E-state index in [9.17, 15) is 9.59 Å². The van der Waals surface area contributed by atoms with Crippen molar-refractivity contribution < 1.29 is 14.3 Å². The van der Waals surface area contributed by atoms with E-state index in [1.54, 1.807) is 13.2 Å². The van der Waals surface area contributed by atoms with Crippen LogP contribution in [-0.4, -0.2) is 25.3 Å². The normalized spacial score (nSPS) is 11.9. The third-order valence-electron chi connectivity index (χ3n) is 3.31. The van der Waals surface area contributed by atoms with Crippen molar-refractivity contribution >= 4 is 18.3 Å². The van der Waals surface area contributed by atoms with Crippen LogP contribution in [0.2, 0.25) is 0 Å². The Bertz CT molecular complexity index is 680. The number of benzene rings is 2. The van der Waals surface area contributed by atoms with Crippen LogP contribution in [-0.2, 0) is 16.0 Å². The Labute approximate surface area is 135 Å². The third kappa shape index (κ3) is 5.43. The Morgan fingerprint density at radius 3 is 2.65 bits per heavy atom. The van der Waals surface area contributed by atoms with Crippen LogP contribution >= 0.6 is 0 Å². The number of amides is 1. The standard InChI is InChI=1S/C19H19NO3/c1-23-18-9-5-8-16(13-18)10-11-19(22)20-17(14-21)12-15-6-3-2-4-7-15/h2-11,13-14,17H,12H2,1H3,(H,20,22)/t17-/m0/s1. The molecule has 1 amide bonds. The maximum Gasteiger partial charge on any atom is 0.244 e. The molecule has 0 radical (unpaired) electrons. The van der Waals surface area contributed by atoms with Crippen molar-refractivity contribution in [1.82, 2.24) is 5.32 Å². The summed E-state index contributed by atoms with van der Waals surface area (Å²) >= 11 is 0. The molecule has 4 nitrogen and oxygen atoms in total. The number of hydrogen-bond donors (Lipinski definition) is 1. The highest BCUT2D eigenvalue weighted by molar-refractivity contribution is 5.93. The first kappa shape index (κ1) is 16.5. The van der Waals surface area contributed by atoms with Gasteiger partial charge in [0, 0.05) is 6.08 Å². The van der Waals surface area contributed by atoms with Crippen LogP contribution in [0.4, 0.5) is 0 Å². The second-order valence-electron chi connectivity index (χ2n) is 5.05. The molecule has 23 heavy (non-hydrogen) atoms. The minimum absolute atomic E-state index is 0.305. The molecule has 2 aromatic rings. The number of carbonyl (C=O) groups is 2. The van der Waals surface area contributed by atoms with Gasteiger partial charge in [-0.3, -0.25) is 4.79 Å². The summed E-state index contributed by atoms with van der Waals surface area (Å²) in [5, 5.41) is 2.69. The summed E-state index contributed by atoms with van der Waals surface area (Å²) in [6, 6.07) is 16.4. The summed E-state index contributed by atoms with van der Waals surface area (Å²) in [5.74, 6) is 0.420. The topological polar surface area (TPSA) is 55.4 Å². The first-order chi connectivity index (χ1) is 11.2. The molecule has 0 unspecified atom stereocenters. The lowest BCUT2D eigenvalue weighted by Crippen LogP contribution is -2.36. The second-order valence-corrected chi connectivity index (χ2v) is 5.05. The van der Waals surface area contributed by atoms with Crippen molar-refractivity contribution in [3.8, 4) is 5.75 Å². The van der Waals surface area contributed by atoms with Gasteiger partial charge in [-0.25, -0.2) is 0 Å². The van der Waals surface area contributed by atoms with Gasteiger partial charge in [-0.2, -0.15) is 0 Å². The number of aldehydes is 1. The zero-order chi connectivity index (χ0) is 16.5. The van der Waals surface area contributed by atoms with Crippen LogP contribution in [0.5, 0.6) is 5.75 Å². The molecule has 0 spiro atoms. The minimum Gasteiger partial charge on any atom is -0.497 e. The maximum absolute atomic E-state index is 11.9. The fraction of sp³-hybridized carbons (Fsp3) is 0.158. The van der Waals surface area contributed by atoms with E-state index >= 15 is 0 Å². The highest BCUT2D eigenvalue weighted by Crippen LogP contribution is 2.13. The second kappa shape index (κ2) is 8.54. The number of rotatable bonds is 7. The van der Waals surface area contributed by atoms with Crippen LogP contribution in [0.15, 0.2) is 60.7 Å². The van der Waals surface area contributed by atoms with Crippen LogP contribution in [0, 0.1) is 0 Å². The van der Waals surface area contributed by atoms with Crippen molar-refractivity contribution in [1.29, 1.82) is 0 Å². The molecular weight excluding hydrogens is 290 g/mol. The van der Waals surface area contributed by atoms with Crippen molar-refractivity contribution in [2.75, 3.05) is 7.11 Å². The number of hydrogen-bond acceptors (Lipinski definition) is 3. The summed E-state index contributed by atoms with van der Waals surface area (Å²) < 4.78 is 5.13. The van der Waals surface area contributed by atoms with Gasteiger partial charge in [-0.1, -0.05) is 42.5 Å². The summed E-state index contributed by atoms with van der Waals surface area (Å²) in [6.07, 6.45) is 4.33. The number of nitrogens with one attached hydrogen (secondary N) is 1. The fourth-order valence-corrected chi connectivity index (χ4v) is 2.15. The highest BCUT2D eigenvalue weighted by atomic mass is 16.5. The summed E-state index contributed by atoms with van der Waals surface area (Å²) in [6.45, 7) is 0. The van der Waals surface area contributed by atoms with E-state index in [4.69, 9.17) is 4.74 Å². The average molecular weight is 309 g/mol. The van der Waals surface area contributed by atoms with Gasteiger partial charge in [0.25, 0.3) is 0 Å². The van der Waals surface area contributed by atoms with E-state index in [2.05, 4.69) is 5.32 Å². The summed E-state index contributed by atoms with van der Waals surface area (Å²) in [4.78, 5) is 23.1. The van der Waals surface area contributed by atoms with E-state index < -0.39 is 6.04 Å². The van der Waals surface area contributed by atoms with E-state index in [-0.39, 0.29) is 5.91 Å². The molecule has 0 aliphatic heterocycles. The Morgan fingerprint density at radius 1 is 1.17 bits per heavy atom. The lowest BCUT2D eigenvalue weighted by molar-refractivity contribution is -0.120. The fourth-order valence-electron chi connectivity index (χ4n) is 2.15. The van der Waals surface area contributed by atoms with Gasteiger partial charge in [0.05, 0.1) is 13.2 Å². The monoisotopic (exact) mass is 309 g/mol. The van der Waals surface area contributed by atoms with Crippen molar-refractivity contribution in [2.24, 2.45) is 0 Å². The molecule has 0 aliphatic rings. The minimum atomic E-state index is -0.542. The number of ether oxygens (including phenoxy) is 1. The molecular formula is C19H19NO3. The van der Waals surface area contributed by atoms with Gasteiger partial charge < -0.3 is 14.8 Å². The lowest BCUT2D eigenvalue weighted by Gasteiger charge is -2.11. The van der Waals surface area contributed by atoms with Crippen molar-refractivity contribution in [3.63, 3.8) is 0 Å². The lowest BCUT2D eigenvalue weighted by atomic mass is 10.1. The zero-order valence-electron chi connectivity index (χ0n) is 12.9. The predicted molar refractivity (Wildman–Crippen MR) is 90.2 cm³/mol. The molecule has 0 aromatic heterocycles. The van der Waals surface area contributed by atoms with E-state index in [1.165, 1.54) is 6.08 Å². The van der Waals surface area contributed by atoms with Crippen molar-refractivity contribution in [3.05, 3.63) is 71.8 Å². The summed E-state index contributed by atoms with van der Waals surface area (Å²) in [7, 11) is 1.59. The molecule has 0 bridgehead atoms. The summed E-state index contributed by atoms with van der Waals surface area (Å²) in [5.41, 5.74) is 1.85. The Hall–Kier alpha value is -2.88. The molecule has 1 atom stereocenters. The maximum atomic E-state index is 11.9. The quantitative estimate of drug-likeness (QED) is 0.632. The van der Waals surface area contributed by atoms with E-state index in [0.717, 1.165) is 23.2 Å². The van der Waals surface area contributed by atoms with Crippen LogP contribution < -0.4 is 10.1 Å². The molecule has 0 saturated carbocycles. The molecule has 0 aliphatic carbocycles. The first-order valence-electron chi connectivity index (χ1n) is 7.33. The molecule has 1 N–H and O–H groups in total. The number of carbonyl (C=O) groups excluding carboxylic acids is 2. The predicted octanol–water partition coefficient (Wildman–Crippen LogP) is 2.63. The van der Waals surface area contributed by atoms with Gasteiger partial charge in [0.1, 0.15) is 12.0 Å². The van der Waals surface area contributed by atoms with E-state index in [1.807, 2.05) is 54.6 Å². The highest BCUT2D eigenvalue weighted by Gasteiger charge is 2.10. The molecule has 2 rings (SSSR count). The molecule has 2 aromatic carbocycles. The van der Waals surface area contributed by atoms with Gasteiger partial charge >= 0.3 is 0 Å². The first-order valence-corrected chi connectivity index (χ1v) is 7.33. The molecule has 118 valence electrons. The SMILES string of the molecule is COc1cccc(C=CC(=O)N[C@H](C=O)Cc2ccccc2)c1. The van der Waals surface area contributed by atoms with Crippen LogP contribution in [0.3, 0.4) is 0 Å². The van der Waals surface area contributed by atoms with Crippen molar-refractivity contribution in [2.45, 2.75) is 12.5 Å². The molecule has 4 heteroatoms. The van der Waals surface area contributed by atoms with Gasteiger partial charge in [0.15, 0.2) is 0 Å². The molecule has 0 fully saturated rings. The van der Waals surface area contributed by atoms with Gasteiger partial charge in [-0.15, -0.1) is 0 Å². The largest absolute Gasteiger partial charge is 0.497 e. The van der Waals surface area contributed by atoms with Crippen LogP contribution in [0.1, 0.15) is 11.1 Å².